The number of anilines is 1. The van der Waals surface area contributed by atoms with Gasteiger partial charge < -0.3 is 9.41 Å². The lowest BCUT2D eigenvalue weighted by Crippen LogP contribution is -2.23. The van der Waals surface area contributed by atoms with Gasteiger partial charge in [-0.1, -0.05) is 63.9 Å². The number of rotatable bonds is 5. The predicted molar refractivity (Wildman–Crippen MR) is 104 cm³/mol. The van der Waals surface area contributed by atoms with Crippen molar-refractivity contribution in [3.05, 3.63) is 70.2 Å². The molecule has 3 rings (SSSR count). The fraction of sp³-hybridized carbons (Fsp3) is 0.0556. The van der Waals surface area contributed by atoms with Crippen LogP contribution in [-0.4, -0.2) is 17.6 Å². The first kappa shape index (κ1) is 17.1. The molecule has 0 saturated heterocycles. The van der Waals surface area contributed by atoms with Crippen LogP contribution in [0.5, 0.6) is 0 Å². The highest BCUT2D eigenvalue weighted by molar-refractivity contribution is 9.10. The minimum absolute atomic E-state index is 0.122. The molecule has 1 N–H and O–H groups in total. The highest BCUT2D eigenvalue weighted by Crippen LogP contribution is 2.36. The maximum Gasteiger partial charge on any atom is 0.324 e. The van der Waals surface area contributed by atoms with E-state index in [1.807, 2.05) is 54.6 Å². The molecule has 0 bridgehead atoms. The van der Waals surface area contributed by atoms with Crippen molar-refractivity contribution in [2.75, 3.05) is 10.8 Å². The van der Waals surface area contributed by atoms with E-state index in [9.17, 15) is 9.90 Å². The molecular formula is C18H13BrClNO2S. The number of carboxylic acid groups (broad SMARTS) is 1. The number of hydrogen-bond donors (Lipinski definition) is 1. The number of carbonyl (C=O) groups is 1. The fourth-order valence-corrected chi connectivity index (χ4v) is 4.55. The highest BCUT2D eigenvalue weighted by Gasteiger charge is 2.16. The molecule has 122 valence electrons. The maximum absolute atomic E-state index is 11.4. The Kier molecular flexibility index (Phi) is 5.33. The first-order valence-corrected chi connectivity index (χ1v) is 9.08. The van der Waals surface area contributed by atoms with Gasteiger partial charge in [0, 0.05) is 19.8 Å². The third kappa shape index (κ3) is 4.04. The Morgan fingerprint density at radius 1 is 1.12 bits per heavy atom. The number of nitrogens with zero attached hydrogens (tertiary/aromatic N) is 1. The SMILES string of the molecule is O=C(O)CN(Sc1cc(Cl)cc(Br)c1)c1cccc2ccccc12. The Labute approximate surface area is 157 Å². The van der Waals surface area contributed by atoms with Gasteiger partial charge in [0.1, 0.15) is 6.54 Å². The highest BCUT2D eigenvalue weighted by atomic mass is 79.9. The lowest BCUT2D eigenvalue weighted by molar-refractivity contribution is -0.135. The van der Waals surface area contributed by atoms with Gasteiger partial charge in [0.15, 0.2) is 0 Å². The number of fused-ring (bicyclic) bond motifs is 1. The molecule has 0 heterocycles. The summed E-state index contributed by atoms with van der Waals surface area (Å²) in [4.78, 5) is 12.2. The van der Waals surface area contributed by atoms with E-state index in [0.29, 0.717) is 5.02 Å². The molecule has 3 nitrogen and oxygen atoms in total. The van der Waals surface area contributed by atoms with Crippen LogP contribution in [0.15, 0.2) is 70.0 Å². The lowest BCUT2D eigenvalue weighted by atomic mass is 10.1. The normalized spacial score (nSPS) is 10.8. The van der Waals surface area contributed by atoms with Crippen molar-refractivity contribution in [3.8, 4) is 0 Å². The largest absolute Gasteiger partial charge is 0.480 e. The molecule has 0 aliphatic heterocycles. The number of benzene rings is 3. The van der Waals surface area contributed by atoms with Crippen molar-refractivity contribution in [2.45, 2.75) is 4.90 Å². The van der Waals surface area contributed by atoms with E-state index in [2.05, 4.69) is 15.9 Å². The molecule has 0 amide bonds. The monoisotopic (exact) mass is 421 g/mol. The van der Waals surface area contributed by atoms with Crippen molar-refractivity contribution < 1.29 is 9.90 Å². The molecule has 6 heteroatoms. The quantitative estimate of drug-likeness (QED) is 0.523. The first-order chi connectivity index (χ1) is 11.5. The number of aliphatic carboxylic acids is 1. The van der Waals surface area contributed by atoms with E-state index in [1.165, 1.54) is 11.9 Å². The number of hydrogen-bond acceptors (Lipinski definition) is 3. The van der Waals surface area contributed by atoms with Crippen LogP contribution in [0.4, 0.5) is 5.69 Å². The second-order valence-electron chi connectivity index (χ2n) is 5.13. The van der Waals surface area contributed by atoms with Crippen LogP contribution in [0.1, 0.15) is 0 Å². The summed E-state index contributed by atoms with van der Waals surface area (Å²) in [5.41, 5.74) is 0.858. The molecule has 0 saturated carbocycles. The molecule has 0 aliphatic rings. The zero-order valence-corrected chi connectivity index (χ0v) is 15.6. The van der Waals surface area contributed by atoms with Crippen LogP contribution < -0.4 is 4.31 Å². The Balaban J connectivity index is 2.04. The Morgan fingerprint density at radius 2 is 1.88 bits per heavy atom. The molecule has 3 aromatic rings. The second kappa shape index (κ2) is 7.47. The van der Waals surface area contributed by atoms with Crippen LogP contribution >= 0.6 is 39.5 Å². The second-order valence-corrected chi connectivity index (χ2v) is 7.57. The van der Waals surface area contributed by atoms with E-state index in [1.54, 1.807) is 10.4 Å². The molecule has 0 radical (unpaired) electrons. The molecule has 0 aromatic heterocycles. The first-order valence-electron chi connectivity index (χ1n) is 7.14. The van der Waals surface area contributed by atoms with Crippen LogP contribution in [0.2, 0.25) is 5.02 Å². The van der Waals surface area contributed by atoms with Gasteiger partial charge in [0.05, 0.1) is 5.69 Å². The minimum atomic E-state index is -0.892. The van der Waals surface area contributed by atoms with E-state index in [4.69, 9.17) is 11.6 Å². The molecule has 0 atom stereocenters. The average Bonchev–Trinajstić information content (AvgIpc) is 2.52. The summed E-state index contributed by atoms with van der Waals surface area (Å²) < 4.78 is 2.62. The summed E-state index contributed by atoms with van der Waals surface area (Å²) in [6.07, 6.45) is 0. The van der Waals surface area contributed by atoms with E-state index >= 15 is 0 Å². The summed E-state index contributed by atoms with van der Waals surface area (Å²) in [6.45, 7) is -0.122. The smallest absolute Gasteiger partial charge is 0.324 e. The summed E-state index contributed by atoms with van der Waals surface area (Å²) in [5.74, 6) is -0.892. The molecule has 3 aromatic carbocycles. The number of carboxylic acids is 1. The summed E-state index contributed by atoms with van der Waals surface area (Å²) in [6, 6.07) is 19.3. The zero-order valence-electron chi connectivity index (χ0n) is 12.4. The van der Waals surface area contributed by atoms with E-state index in [0.717, 1.165) is 25.8 Å². The van der Waals surface area contributed by atoms with Crippen LogP contribution in [0.3, 0.4) is 0 Å². The van der Waals surface area contributed by atoms with Crippen LogP contribution in [0, 0.1) is 0 Å². The molecular weight excluding hydrogens is 410 g/mol. The van der Waals surface area contributed by atoms with Gasteiger partial charge in [-0.05, 0) is 41.6 Å². The lowest BCUT2D eigenvalue weighted by Gasteiger charge is -2.23. The van der Waals surface area contributed by atoms with Gasteiger partial charge in [-0.2, -0.15) is 0 Å². The van der Waals surface area contributed by atoms with Crippen molar-refractivity contribution in [1.29, 1.82) is 0 Å². The van der Waals surface area contributed by atoms with Gasteiger partial charge in [0.25, 0.3) is 0 Å². The fourth-order valence-electron chi connectivity index (χ4n) is 2.42. The minimum Gasteiger partial charge on any atom is -0.480 e. The molecule has 0 aliphatic carbocycles. The van der Waals surface area contributed by atoms with Crippen molar-refractivity contribution in [1.82, 2.24) is 0 Å². The summed E-state index contributed by atoms with van der Waals surface area (Å²) in [5, 5.41) is 12.0. The Morgan fingerprint density at radius 3 is 2.62 bits per heavy atom. The van der Waals surface area contributed by atoms with E-state index in [-0.39, 0.29) is 6.54 Å². The molecule has 0 spiro atoms. The zero-order chi connectivity index (χ0) is 17.1. The van der Waals surface area contributed by atoms with Crippen molar-refractivity contribution in [2.24, 2.45) is 0 Å². The summed E-state index contributed by atoms with van der Waals surface area (Å²) in [7, 11) is 0. The summed E-state index contributed by atoms with van der Waals surface area (Å²) >= 11 is 10.9. The third-order valence-corrected chi connectivity index (χ3v) is 5.03. The average molecular weight is 423 g/mol. The number of halogens is 2. The Hall–Kier alpha value is -1.69. The Bertz CT molecular complexity index is 878. The van der Waals surface area contributed by atoms with Crippen molar-refractivity contribution >= 4 is 61.9 Å². The molecule has 24 heavy (non-hydrogen) atoms. The maximum atomic E-state index is 11.4. The van der Waals surface area contributed by atoms with E-state index < -0.39 is 5.97 Å². The predicted octanol–water partition coefficient (Wildman–Crippen LogP) is 5.85. The topological polar surface area (TPSA) is 40.5 Å². The van der Waals surface area contributed by atoms with Crippen LogP contribution in [0.25, 0.3) is 10.8 Å². The van der Waals surface area contributed by atoms with Gasteiger partial charge in [-0.25, -0.2) is 0 Å². The van der Waals surface area contributed by atoms with Gasteiger partial charge in [-0.15, -0.1) is 0 Å². The van der Waals surface area contributed by atoms with Gasteiger partial charge in [-0.3, -0.25) is 4.79 Å². The standard InChI is InChI=1S/C18H13BrClNO2S/c19-13-8-14(20)10-15(9-13)24-21(11-18(22)23)17-7-3-5-12-4-1-2-6-16(12)17/h1-10H,11H2,(H,22,23). The van der Waals surface area contributed by atoms with Gasteiger partial charge in [0.2, 0.25) is 0 Å². The third-order valence-electron chi connectivity index (χ3n) is 3.37. The van der Waals surface area contributed by atoms with Gasteiger partial charge >= 0.3 is 5.97 Å². The molecule has 0 fully saturated rings. The van der Waals surface area contributed by atoms with Crippen LogP contribution in [-0.2, 0) is 4.79 Å². The molecule has 0 unspecified atom stereocenters. The van der Waals surface area contributed by atoms with Crippen molar-refractivity contribution in [3.63, 3.8) is 0 Å².